The fourth-order valence-electron chi connectivity index (χ4n) is 1.37. The highest BCUT2D eigenvalue weighted by atomic mass is 79.9. The van der Waals surface area contributed by atoms with Crippen LogP contribution in [0.1, 0.15) is 25.5 Å². The Bertz CT molecular complexity index is 529. The molecule has 0 unspecified atom stereocenters. The predicted octanol–water partition coefficient (Wildman–Crippen LogP) is 3.67. The molecule has 0 aliphatic carbocycles. The number of nitrogens with zero attached hydrogens (tertiary/aromatic N) is 2. The molecule has 0 spiro atoms. The number of rotatable bonds is 4. The van der Waals surface area contributed by atoms with E-state index in [4.69, 9.17) is 0 Å². The van der Waals surface area contributed by atoms with Gasteiger partial charge >= 0.3 is 0 Å². The summed E-state index contributed by atoms with van der Waals surface area (Å²) >= 11 is 4.92. The summed E-state index contributed by atoms with van der Waals surface area (Å²) in [5.74, 6) is 0.691. The number of thiazole rings is 1. The number of fused-ring (bicyclic) bond motifs is 1. The van der Waals surface area contributed by atoms with Crippen LogP contribution in [0.4, 0.5) is 0 Å². The monoisotopic (exact) mass is 332 g/mol. The van der Waals surface area contributed by atoms with E-state index >= 15 is 0 Å². The van der Waals surface area contributed by atoms with Gasteiger partial charge in [-0.15, -0.1) is 11.3 Å². The molecule has 17 heavy (non-hydrogen) atoms. The SMILES string of the molecule is CCCC[S@](=O)c1nc2nc(C)c(Br)cc2s1. The van der Waals surface area contributed by atoms with Gasteiger partial charge in [-0.2, -0.15) is 0 Å². The molecule has 0 N–H and O–H groups in total. The summed E-state index contributed by atoms with van der Waals surface area (Å²) in [6, 6.07) is 2.00. The zero-order valence-electron chi connectivity index (χ0n) is 9.70. The Morgan fingerprint density at radius 1 is 1.47 bits per heavy atom. The molecule has 0 radical (unpaired) electrons. The zero-order valence-corrected chi connectivity index (χ0v) is 12.9. The highest BCUT2D eigenvalue weighted by Gasteiger charge is 2.12. The van der Waals surface area contributed by atoms with Crippen LogP contribution in [-0.4, -0.2) is 19.9 Å². The summed E-state index contributed by atoms with van der Waals surface area (Å²) < 4.78 is 14.6. The molecular formula is C11H13BrN2OS2. The normalized spacial score (nSPS) is 13.1. The molecule has 1 atom stereocenters. The maximum atomic E-state index is 12.0. The van der Waals surface area contributed by atoms with Crippen molar-refractivity contribution in [2.24, 2.45) is 0 Å². The second-order valence-electron chi connectivity index (χ2n) is 3.76. The van der Waals surface area contributed by atoms with Gasteiger partial charge in [0.05, 0.1) is 21.2 Å². The third-order valence-corrected chi connectivity index (χ3v) is 5.91. The summed E-state index contributed by atoms with van der Waals surface area (Å²) in [6.45, 7) is 4.02. The Hall–Kier alpha value is -0.330. The molecule has 2 rings (SSSR count). The van der Waals surface area contributed by atoms with Crippen LogP contribution in [0.2, 0.25) is 0 Å². The predicted molar refractivity (Wildman–Crippen MR) is 76.0 cm³/mol. The molecule has 0 fully saturated rings. The van der Waals surface area contributed by atoms with E-state index in [0.717, 1.165) is 27.7 Å². The Labute approximate surface area is 115 Å². The van der Waals surface area contributed by atoms with Crippen LogP contribution < -0.4 is 0 Å². The minimum Gasteiger partial charge on any atom is -0.252 e. The molecule has 2 aromatic rings. The summed E-state index contributed by atoms with van der Waals surface area (Å²) in [7, 11) is -0.977. The maximum Gasteiger partial charge on any atom is 0.183 e. The fourth-order valence-corrected chi connectivity index (χ4v) is 4.32. The number of pyridine rings is 1. The van der Waals surface area contributed by atoms with Gasteiger partial charge in [-0.3, -0.25) is 4.21 Å². The van der Waals surface area contributed by atoms with Gasteiger partial charge in [-0.25, -0.2) is 9.97 Å². The van der Waals surface area contributed by atoms with Crippen molar-refractivity contribution in [3.63, 3.8) is 0 Å². The van der Waals surface area contributed by atoms with Crippen LogP contribution >= 0.6 is 27.3 Å². The standard InChI is InChI=1S/C11H13BrN2OS2/c1-3-4-5-17(15)11-14-10-9(16-11)6-8(12)7(2)13-10/h6H,3-5H2,1-2H3/t17-/m0/s1. The number of aryl methyl sites for hydroxylation is 1. The lowest BCUT2D eigenvalue weighted by atomic mass is 10.4. The smallest absolute Gasteiger partial charge is 0.183 e. The molecule has 3 nitrogen and oxygen atoms in total. The molecule has 0 bridgehead atoms. The van der Waals surface area contributed by atoms with E-state index in [9.17, 15) is 4.21 Å². The number of unbranched alkanes of at least 4 members (excludes halogenated alkanes) is 1. The molecule has 0 aliphatic heterocycles. The van der Waals surface area contributed by atoms with Crippen LogP contribution in [0.3, 0.4) is 0 Å². The van der Waals surface area contributed by atoms with Crippen LogP contribution in [0, 0.1) is 6.92 Å². The van der Waals surface area contributed by atoms with E-state index < -0.39 is 10.8 Å². The molecule has 0 saturated carbocycles. The van der Waals surface area contributed by atoms with Crippen LogP contribution in [0.25, 0.3) is 10.3 Å². The molecule has 6 heteroatoms. The Morgan fingerprint density at radius 2 is 2.24 bits per heavy atom. The van der Waals surface area contributed by atoms with Gasteiger partial charge in [-0.1, -0.05) is 13.3 Å². The van der Waals surface area contributed by atoms with Gasteiger partial charge in [0.2, 0.25) is 0 Å². The maximum absolute atomic E-state index is 12.0. The summed E-state index contributed by atoms with van der Waals surface area (Å²) in [5.41, 5.74) is 1.62. The van der Waals surface area contributed by atoms with Crippen molar-refractivity contribution in [2.45, 2.75) is 31.0 Å². The van der Waals surface area contributed by atoms with E-state index in [1.165, 1.54) is 11.3 Å². The van der Waals surface area contributed by atoms with Gasteiger partial charge in [0.15, 0.2) is 9.99 Å². The van der Waals surface area contributed by atoms with Gasteiger partial charge < -0.3 is 0 Å². The third-order valence-electron chi connectivity index (χ3n) is 2.37. The van der Waals surface area contributed by atoms with Crippen molar-refractivity contribution >= 4 is 48.4 Å². The van der Waals surface area contributed by atoms with E-state index in [2.05, 4.69) is 32.8 Å². The van der Waals surface area contributed by atoms with E-state index in [0.29, 0.717) is 15.7 Å². The molecule has 2 aromatic heterocycles. The Morgan fingerprint density at radius 3 is 2.94 bits per heavy atom. The summed E-state index contributed by atoms with van der Waals surface area (Å²) in [6.07, 6.45) is 2.03. The highest BCUT2D eigenvalue weighted by molar-refractivity contribution is 9.10. The van der Waals surface area contributed by atoms with Crippen molar-refractivity contribution < 1.29 is 4.21 Å². The van der Waals surface area contributed by atoms with Crippen LogP contribution in [0.5, 0.6) is 0 Å². The zero-order chi connectivity index (χ0) is 12.4. The highest BCUT2D eigenvalue weighted by Crippen LogP contribution is 2.27. The van der Waals surface area contributed by atoms with Crippen molar-refractivity contribution in [1.82, 2.24) is 9.97 Å². The Balaban J connectivity index is 2.34. The molecule has 0 amide bonds. The van der Waals surface area contributed by atoms with Gasteiger partial charge in [-0.05, 0) is 35.3 Å². The van der Waals surface area contributed by atoms with E-state index in [1.807, 2.05) is 13.0 Å². The average molecular weight is 333 g/mol. The largest absolute Gasteiger partial charge is 0.252 e. The Kier molecular flexibility index (Phi) is 4.27. The first-order valence-corrected chi connectivity index (χ1v) is 8.36. The van der Waals surface area contributed by atoms with E-state index in [1.54, 1.807) is 0 Å². The summed E-state index contributed by atoms with van der Waals surface area (Å²) in [4.78, 5) is 8.73. The third kappa shape index (κ3) is 2.92. The number of halogens is 1. The minimum absolute atomic E-state index is 0.691. The fraction of sp³-hybridized carbons (Fsp3) is 0.455. The van der Waals surface area contributed by atoms with Gasteiger partial charge in [0, 0.05) is 10.2 Å². The topological polar surface area (TPSA) is 42.9 Å². The second-order valence-corrected chi connectivity index (χ2v) is 7.39. The van der Waals surface area contributed by atoms with Crippen molar-refractivity contribution in [3.8, 4) is 0 Å². The lowest BCUT2D eigenvalue weighted by Crippen LogP contribution is -1.96. The van der Waals surface area contributed by atoms with Crippen molar-refractivity contribution in [2.75, 3.05) is 5.75 Å². The van der Waals surface area contributed by atoms with Gasteiger partial charge in [0.25, 0.3) is 0 Å². The van der Waals surface area contributed by atoms with Crippen LogP contribution in [-0.2, 0) is 10.8 Å². The van der Waals surface area contributed by atoms with Crippen LogP contribution in [0.15, 0.2) is 14.9 Å². The average Bonchev–Trinajstić information content (AvgIpc) is 2.69. The first-order valence-electron chi connectivity index (χ1n) is 5.44. The first kappa shape index (κ1) is 13.1. The minimum atomic E-state index is -0.977. The quantitative estimate of drug-likeness (QED) is 0.857. The van der Waals surface area contributed by atoms with E-state index in [-0.39, 0.29) is 0 Å². The molecule has 0 aromatic carbocycles. The number of aromatic nitrogens is 2. The summed E-state index contributed by atoms with van der Waals surface area (Å²) in [5, 5.41) is 0. The molecular weight excluding hydrogens is 320 g/mol. The molecule has 0 saturated heterocycles. The lowest BCUT2D eigenvalue weighted by molar-refractivity contribution is 0.679. The molecule has 0 aliphatic rings. The number of hydrogen-bond donors (Lipinski definition) is 0. The molecule has 92 valence electrons. The van der Waals surface area contributed by atoms with Gasteiger partial charge in [0.1, 0.15) is 0 Å². The lowest BCUT2D eigenvalue weighted by Gasteiger charge is -1.94. The van der Waals surface area contributed by atoms with Crippen molar-refractivity contribution in [1.29, 1.82) is 0 Å². The number of hydrogen-bond acceptors (Lipinski definition) is 4. The first-order chi connectivity index (χ1) is 8.11. The molecule has 2 heterocycles. The second kappa shape index (κ2) is 5.54. The van der Waals surface area contributed by atoms with Crippen molar-refractivity contribution in [3.05, 3.63) is 16.2 Å².